The van der Waals surface area contributed by atoms with Crippen LogP contribution in [-0.2, 0) is 0 Å². The van der Waals surface area contributed by atoms with Gasteiger partial charge < -0.3 is 10.0 Å². The summed E-state index contributed by atoms with van der Waals surface area (Å²) in [6.45, 7) is 4.12. The second-order valence-corrected chi connectivity index (χ2v) is 5.13. The van der Waals surface area contributed by atoms with Crippen LogP contribution in [0.2, 0.25) is 0 Å². The lowest BCUT2D eigenvalue weighted by Crippen LogP contribution is -2.31. The van der Waals surface area contributed by atoms with Gasteiger partial charge in [-0.3, -0.25) is 0 Å². The Morgan fingerprint density at radius 1 is 1.53 bits per heavy atom. The average Bonchev–Trinajstić information content (AvgIpc) is 2.28. The van der Waals surface area contributed by atoms with E-state index in [1.165, 1.54) is 0 Å². The zero-order valence-electron chi connectivity index (χ0n) is 10.7. The molecule has 0 aliphatic heterocycles. The van der Waals surface area contributed by atoms with E-state index in [1.54, 1.807) is 12.1 Å². The third-order valence-electron chi connectivity index (χ3n) is 2.89. The molecule has 0 aromatic heterocycles. The molecule has 0 bridgehead atoms. The van der Waals surface area contributed by atoms with E-state index in [0.717, 1.165) is 17.0 Å². The molecule has 1 unspecified atom stereocenters. The van der Waals surface area contributed by atoms with Crippen molar-refractivity contribution in [2.24, 2.45) is 0 Å². The maximum atomic E-state index is 10.9. The molecule has 0 aliphatic carbocycles. The van der Waals surface area contributed by atoms with E-state index in [9.17, 15) is 4.79 Å². The molecule has 1 rings (SSSR count). The summed E-state index contributed by atoms with van der Waals surface area (Å²) in [6.07, 6.45) is 2.09. The standard InChI is InChI=1S/C13H19NO2S/c1-9-7-11(13(15)16)5-6-12(9)14(3)10(2)8-17-4/h5-7,10H,8H2,1-4H3,(H,15,16). The largest absolute Gasteiger partial charge is 0.478 e. The maximum Gasteiger partial charge on any atom is 0.335 e. The Morgan fingerprint density at radius 2 is 2.18 bits per heavy atom. The Bertz CT molecular complexity index is 406. The van der Waals surface area contributed by atoms with Crippen LogP contribution in [0.15, 0.2) is 18.2 Å². The Morgan fingerprint density at radius 3 is 2.65 bits per heavy atom. The first kappa shape index (κ1) is 13.9. The quantitative estimate of drug-likeness (QED) is 0.876. The molecule has 1 N–H and O–H groups in total. The number of anilines is 1. The molecule has 0 fully saturated rings. The molecular weight excluding hydrogens is 234 g/mol. The SMILES string of the molecule is CSCC(C)N(C)c1ccc(C(=O)O)cc1C. The van der Waals surface area contributed by atoms with E-state index in [-0.39, 0.29) is 0 Å². The summed E-state index contributed by atoms with van der Waals surface area (Å²) in [6, 6.07) is 5.70. The molecule has 1 atom stereocenters. The van der Waals surface area contributed by atoms with Crippen LogP contribution < -0.4 is 4.90 Å². The Kier molecular flexibility index (Phi) is 4.87. The summed E-state index contributed by atoms with van der Waals surface area (Å²) >= 11 is 1.81. The van der Waals surface area contributed by atoms with Gasteiger partial charge in [-0.15, -0.1) is 0 Å². The van der Waals surface area contributed by atoms with Gasteiger partial charge in [-0.05, 0) is 43.9 Å². The van der Waals surface area contributed by atoms with Gasteiger partial charge in [0.15, 0.2) is 0 Å². The summed E-state index contributed by atoms with van der Waals surface area (Å²) in [4.78, 5) is 13.0. The van der Waals surface area contributed by atoms with Gasteiger partial charge in [-0.25, -0.2) is 4.79 Å². The first-order chi connectivity index (χ1) is 7.97. The highest BCUT2D eigenvalue weighted by molar-refractivity contribution is 7.98. The molecule has 0 heterocycles. The predicted octanol–water partition coefficient (Wildman–Crippen LogP) is 2.88. The number of nitrogens with zero attached hydrogens (tertiary/aromatic N) is 1. The molecule has 0 saturated heterocycles. The summed E-state index contributed by atoms with van der Waals surface area (Å²) in [5, 5.41) is 8.92. The van der Waals surface area contributed by atoms with Gasteiger partial charge in [-0.2, -0.15) is 11.8 Å². The Hall–Kier alpha value is -1.16. The van der Waals surface area contributed by atoms with Crippen molar-refractivity contribution in [3.8, 4) is 0 Å². The molecular formula is C13H19NO2S. The van der Waals surface area contributed by atoms with Crippen LogP contribution >= 0.6 is 11.8 Å². The van der Waals surface area contributed by atoms with Crippen LogP contribution in [0, 0.1) is 6.92 Å². The lowest BCUT2D eigenvalue weighted by molar-refractivity contribution is 0.0697. The number of hydrogen-bond donors (Lipinski definition) is 1. The van der Waals surface area contributed by atoms with E-state index in [0.29, 0.717) is 11.6 Å². The molecule has 0 amide bonds. The number of aromatic carboxylic acids is 1. The van der Waals surface area contributed by atoms with Crippen LogP contribution in [-0.4, -0.2) is 36.2 Å². The van der Waals surface area contributed by atoms with Crippen molar-refractivity contribution >= 4 is 23.4 Å². The summed E-state index contributed by atoms with van der Waals surface area (Å²) in [5.41, 5.74) is 2.44. The molecule has 3 nitrogen and oxygen atoms in total. The number of hydrogen-bond acceptors (Lipinski definition) is 3. The van der Waals surface area contributed by atoms with Crippen LogP contribution in [0.5, 0.6) is 0 Å². The van der Waals surface area contributed by atoms with E-state index in [1.807, 2.05) is 31.8 Å². The molecule has 17 heavy (non-hydrogen) atoms. The summed E-state index contributed by atoms with van der Waals surface area (Å²) in [5.74, 6) is 0.177. The van der Waals surface area contributed by atoms with Gasteiger partial charge in [0.25, 0.3) is 0 Å². The summed E-state index contributed by atoms with van der Waals surface area (Å²) in [7, 11) is 2.05. The van der Waals surface area contributed by atoms with E-state index in [4.69, 9.17) is 5.11 Å². The maximum absolute atomic E-state index is 10.9. The van der Waals surface area contributed by atoms with Gasteiger partial charge in [0.2, 0.25) is 0 Å². The van der Waals surface area contributed by atoms with Gasteiger partial charge >= 0.3 is 5.97 Å². The monoisotopic (exact) mass is 253 g/mol. The highest BCUT2D eigenvalue weighted by Gasteiger charge is 2.13. The molecule has 94 valence electrons. The van der Waals surface area contributed by atoms with Crippen molar-refractivity contribution in [2.45, 2.75) is 19.9 Å². The third-order valence-corrected chi connectivity index (χ3v) is 3.71. The van der Waals surface area contributed by atoms with Crippen molar-refractivity contribution < 1.29 is 9.90 Å². The smallest absolute Gasteiger partial charge is 0.335 e. The predicted molar refractivity (Wildman–Crippen MR) is 74.4 cm³/mol. The van der Waals surface area contributed by atoms with Crippen LogP contribution in [0.3, 0.4) is 0 Å². The lowest BCUT2D eigenvalue weighted by atomic mass is 10.1. The topological polar surface area (TPSA) is 40.5 Å². The van der Waals surface area contributed by atoms with Gasteiger partial charge in [-0.1, -0.05) is 0 Å². The van der Waals surface area contributed by atoms with Crippen molar-refractivity contribution in [1.29, 1.82) is 0 Å². The van der Waals surface area contributed by atoms with Crippen molar-refractivity contribution in [2.75, 3.05) is 24.0 Å². The second kappa shape index (κ2) is 5.96. The van der Waals surface area contributed by atoms with Crippen LogP contribution in [0.1, 0.15) is 22.8 Å². The minimum Gasteiger partial charge on any atom is -0.478 e. The molecule has 1 aromatic rings. The van der Waals surface area contributed by atoms with E-state index in [2.05, 4.69) is 18.1 Å². The van der Waals surface area contributed by atoms with E-state index < -0.39 is 5.97 Å². The van der Waals surface area contributed by atoms with Gasteiger partial charge in [0.05, 0.1) is 5.56 Å². The van der Waals surface area contributed by atoms with Crippen molar-refractivity contribution in [3.63, 3.8) is 0 Å². The molecule has 0 saturated carbocycles. The minimum absolute atomic E-state index is 0.345. The normalized spacial score (nSPS) is 12.2. The van der Waals surface area contributed by atoms with Crippen LogP contribution in [0.25, 0.3) is 0 Å². The number of carboxylic acid groups (broad SMARTS) is 1. The minimum atomic E-state index is -0.875. The van der Waals surface area contributed by atoms with Crippen molar-refractivity contribution in [1.82, 2.24) is 0 Å². The van der Waals surface area contributed by atoms with Gasteiger partial charge in [0.1, 0.15) is 0 Å². The number of thioether (sulfide) groups is 1. The number of carboxylic acids is 1. The average molecular weight is 253 g/mol. The number of rotatable bonds is 5. The van der Waals surface area contributed by atoms with Gasteiger partial charge in [0, 0.05) is 24.5 Å². The number of aryl methyl sites for hydroxylation is 1. The molecule has 0 aliphatic rings. The first-order valence-electron chi connectivity index (χ1n) is 5.53. The van der Waals surface area contributed by atoms with Crippen molar-refractivity contribution in [3.05, 3.63) is 29.3 Å². The molecule has 1 aromatic carbocycles. The highest BCUT2D eigenvalue weighted by Crippen LogP contribution is 2.22. The highest BCUT2D eigenvalue weighted by atomic mass is 32.2. The second-order valence-electron chi connectivity index (χ2n) is 4.22. The van der Waals surface area contributed by atoms with Crippen LogP contribution in [0.4, 0.5) is 5.69 Å². The summed E-state index contributed by atoms with van der Waals surface area (Å²) < 4.78 is 0. The van der Waals surface area contributed by atoms with E-state index >= 15 is 0 Å². The molecule has 0 spiro atoms. The first-order valence-corrected chi connectivity index (χ1v) is 6.92. The molecule has 0 radical (unpaired) electrons. The number of carbonyl (C=O) groups is 1. The Labute approximate surface area is 107 Å². The zero-order valence-corrected chi connectivity index (χ0v) is 11.5. The fourth-order valence-electron chi connectivity index (χ4n) is 1.77. The lowest BCUT2D eigenvalue weighted by Gasteiger charge is -2.28. The Balaban J connectivity index is 2.95. The fraction of sp³-hybridized carbons (Fsp3) is 0.462. The third kappa shape index (κ3) is 3.40. The fourth-order valence-corrected chi connectivity index (χ4v) is 2.48. The molecule has 4 heteroatoms. The number of benzene rings is 1. The zero-order chi connectivity index (χ0) is 13.0.